The Morgan fingerprint density at radius 1 is 0.891 bits per heavy atom. The molecule has 1 N–H and O–H groups in total. The molecule has 11 heteroatoms. The van der Waals surface area contributed by atoms with Gasteiger partial charge in [0.25, 0.3) is 10.0 Å². The first-order chi connectivity index (χ1) is 22.0. The number of benzene rings is 4. The highest BCUT2D eigenvalue weighted by Crippen LogP contribution is 2.32. The van der Waals surface area contributed by atoms with E-state index in [2.05, 4.69) is 21.2 Å². The Morgan fingerprint density at radius 3 is 2.15 bits per heavy atom. The van der Waals surface area contributed by atoms with Crippen molar-refractivity contribution in [3.8, 4) is 5.75 Å². The van der Waals surface area contributed by atoms with Gasteiger partial charge in [-0.1, -0.05) is 102 Å². The molecule has 8 nitrogen and oxygen atoms in total. The van der Waals surface area contributed by atoms with Crippen molar-refractivity contribution in [2.24, 2.45) is 5.92 Å². The highest BCUT2D eigenvalue weighted by Gasteiger charge is 2.35. The Hall–Kier alpha value is -3.86. The molecule has 0 aliphatic rings. The molecule has 0 spiro atoms. The highest BCUT2D eigenvalue weighted by atomic mass is 79.9. The minimum Gasteiger partial charge on any atom is -0.495 e. The van der Waals surface area contributed by atoms with Crippen LogP contribution in [0.5, 0.6) is 5.75 Å². The van der Waals surface area contributed by atoms with Crippen molar-refractivity contribution < 1.29 is 22.7 Å². The Balaban J connectivity index is 1.81. The topological polar surface area (TPSA) is 96.0 Å². The number of rotatable bonds is 14. The first-order valence-corrected chi connectivity index (χ1v) is 17.4. The van der Waals surface area contributed by atoms with Gasteiger partial charge in [-0.2, -0.15) is 0 Å². The van der Waals surface area contributed by atoms with Crippen LogP contribution in [0, 0.1) is 5.92 Å². The third kappa shape index (κ3) is 9.11. The van der Waals surface area contributed by atoms with Gasteiger partial charge in [-0.05, 0) is 59.5 Å². The van der Waals surface area contributed by atoms with E-state index in [-0.39, 0.29) is 40.4 Å². The number of carbonyl (C=O) groups is 2. The lowest BCUT2D eigenvalue weighted by Gasteiger charge is -2.34. The van der Waals surface area contributed by atoms with Gasteiger partial charge in [0.1, 0.15) is 18.3 Å². The van der Waals surface area contributed by atoms with E-state index in [1.165, 1.54) is 36.3 Å². The third-order valence-corrected chi connectivity index (χ3v) is 9.81. The summed E-state index contributed by atoms with van der Waals surface area (Å²) < 4.78 is 35.4. The zero-order chi connectivity index (χ0) is 33.3. The van der Waals surface area contributed by atoms with Crippen LogP contribution in [-0.2, 0) is 32.6 Å². The van der Waals surface area contributed by atoms with Gasteiger partial charge in [0.05, 0.1) is 22.7 Å². The van der Waals surface area contributed by atoms with Crippen LogP contribution in [-0.4, -0.2) is 51.4 Å². The number of amides is 2. The quantitative estimate of drug-likeness (QED) is 0.156. The third-order valence-electron chi connectivity index (χ3n) is 7.23. The fourth-order valence-electron chi connectivity index (χ4n) is 4.87. The van der Waals surface area contributed by atoms with E-state index in [1.54, 1.807) is 24.3 Å². The summed E-state index contributed by atoms with van der Waals surface area (Å²) in [6, 6.07) is 28.3. The molecule has 0 saturated carbocycles. The van der Waals surface area contributed by atoms with E-state index in [4.69, 9.17) is 16.3 Å². The van der Waals surface area contributed by atoms with Crippen molar-refractivity contribution >= 4 is 55.1 Å². The Bertz CT molecular complexity index is 1740. The first kappa shape index (κ1) is 35.0. The summed E-state index contributed by atoms with van der Waals surface area (Å²) >= 11 is 9.93. The number of nitrogens with one attached hydrogen (secondary N) is 1. The van der Waals surface area contributed by atoms with E-state index >= 15 is 0 Å². The lowest BCUT2D eigenvalue weighted by Crippen LogP contribution is -2.53. The molecule has 0 bridgehead atoms. The Morgan fingerprint density at radius 2 is 1.54 bits per heavy atom. The van der Waals surface area contributed by atoms with Crippen LogP contribution in [0.4, 0.5) is 5.69 Å². The van der Waals surface area contributed by atoms with E-state index in [0.29, 0.717) is 12.3 Å². The normalized spacial score (nSPS) is 12.0. The fraction of sp³-hybridized carbons (Fsp3) is 0.257. The second kappa shape index (κ2) is 16.1. The Kier molecular flexibility index (Phi) is 12.3. The summed E-state index contributed by atoms with van der Waals surface area (Å²) in [7, 11) is -2.79. The molecule has 4 aromatic carbocycles. The van der Waals surface area contributed by atoms with E-state index in [9.17, 15) is 18.0 Å². The van der Waals surface area contributed by atoms with Gasteiger partial charge in [0, 0.05) is 24.0 Å². The maximum Gasteiger partial charge on any atom is 0.264 e. The van der Waals surface area contributed by atoms with Gasteiger partial charge in [-0.3, -0.25) is 13.9 Å². The molecular weight excluding hydrogens is 690 g/mol. The monoisotopic (exact) mass is 725 g/mol. The summed E-state index contributed by atoms with van der Waals surface area (Å²) in [4.78, 5) is 29.9. The number of halogens is 2. The number of anilines is 1. The summed E-state index contributed by atoms with van der Waals surface area (Å²) in [5, 5.41) is 3.17. The highest BCUT2D eigenvalue weighted by molar-refractivity contribution is 9.10. The van der Waals surface area contributed by atoms with Crippen LogP contribution in [0.15, 0.2) is 112 Å². The van der Waals surface area contributed by atoms with Gasteiger partial charge < -0.3 is 15.0 Å². The lowest BCUT2D eigenvalue weighted by atomic mass is 10.0. The minimum absolute atomic E-state index is 0.00351. The molecule has 0 aliphatic carbocycles. The number of ether oxygens (including phenoxy) is 1. The van der Waals surface area contributed by atoms with Crippen molar-refractivity contribution in [1.82, 2.24) is 10.2 Å². The molecular formula is C35H37BrClN3O5S. The second-order valence-electron chi connectivity index (χ2n) is 11.1. The van der Waals surface area contributed by atoms with Crippen LogP contribution in [0.3, 0.4) is 0 Å². The van der Waals surface area contributed by atoms with Gasteiger partial charge in [0.15, 0.2) is 0 Å². The number of hydrogen-bond donors (Lipinski definition) is 1. The summed E-state index contributed by atoms with van der Waals surface area (Å²) in [6.45, 7) is 3.87. The molecule has 2 amide bonds. The standard InChI is InChI=1S/C35H37BrClN3O5S/c1-25(2)22-38-35(42)32(20-26-11-6-4-7-12-26)39(23-27-13-10-14-28(36)19-27)34(41)24-40(29-17-18-33(45-3)31(37)21-29)46(43,44)30-15-8-5-9-16-30/h4-19,21,25,32H,20,22-24H2,1-3H3,(H,38,42)/t32-/m0/s1. The molecule has 0 saturated heterocycles. The van der Waals surface area contributed by atoms with Gasteiger partial charge in [-0.15, -0.1) is 0 Å². The molecule has 1 atom stereocenters. The van der Waals surface area contributed by atoms with Crippen LogP contribution in [0.2, 0.25) is 5.02 Å². The number of sulfonamides is 1. The van der Waals surface area contributed by atoms with Gasteiger partial charge in [-0.25, -0.2) is 8.42 Å². The summed E-state index contributed by atoms with van der Waals surface area (Å²) in [5.41, 5.74) is 1.80. The van der Waals surface area contributed by atoms with E-state index in [0.717, 1.165) is 19.9 Å². The van der Waals surface area contributed by atoms with Crippen molar-refractivity contribution in [3.05, 3.63) is 124 Å². The molecule has 4 aromatic rings. The molecule has 0 aromatic heterocycles. The second-order valence-corrected chi connectivity index (χ2v) is 14.3. The number of carbonyl (C=O) groups excluding carboxylic acids is 2. The van der Waals surface area contributed by atoms with Crippen molar-refractivity contribution in [1.29, 1.82) is 0 Å². The molecule has 242 valence electrons. The number of methoxy groups -OCH3 is 1. The van der Waals surface area contributed by atoms with Gasteiger partial charge in [0.2, 0.25) is 11.8 Å². The maximum absolute atomic E-state index is 14.5. The molecule has 4 rings (SSSR count). The summed E-state index contributed by atoms with van der Waals surface area (Å²) in [6.07, 6.45) is 0.226. The Labute approximate surface area is 284 Å². The first-order valence-electron chi connectivity index (χ1n) is 14.8. The predicted molar refractivity (Wildman–Crippen MR) is 185 cm³/mol. The number of nitrogens with zero attached hydrogens (tertiary/aromatic N) is 2. The molecule has 0 heterocycles. The molecule has 0 fully saturated rings. The number of hydrogen-bond acceptors (Lipinski definition) is 5. The van der Waals surface area contributed by atoms with Crippen molar-refractivity contribution in [2.75, 3.05) is 24.5 Å². The minimum atomic E-state index is -4.25. The van der Waals surface area contributed by atoms with Crippen molar-refractivity contribution in [3.63, 3.8) is 0 Å². The van der Waals surface area contributed by atoms with E-state index < -0.39 is 28.5 Å². The molecule has 46 heavy (non-hydrogen) atoms. The molecule has 0 radical (unpaired) electrons. The van der Waals surface area contributed by atoms with Crippen LogP contribution in [0.25, 0.3) is 0 Å². The SMILES string of the molecule is COc1ccc(N(CC(=O)N(Cc2cccc(Br)c2)[C@@H](Cc2ccccc2)C(=O)NCC(C)C)S(=O)(=O)c2ccccc2)cc1Cl. The van der Waals surface area contributed by atoms with Crippen LogP contribution >= 0.6 is 27.5 Å². The predicted octanol–water partition coefficient (Wildman–Crippen LogP) is 6.72. The fourth-order valence-corrected chi connectivity index (χ4v) is 6.99. The van der Waals surface area contributed by atoms with Gasteiger partial charge >= 0.3 is 0 Å². The van der Waals surface area contributed by atoms with Crippen LogP contribution in [0.1, 0.15) is 25.0 Å². The maximum atomic E-state index is 14.5. The zero-order valence-electron chi connectivity index (χ0n) is 25.9. The lowest BCUT2D eigenvalue weighted by molar-refractivity contribution is -0.140. The van der Waals surface area contributed by atoms with Crippen LogP contribution < -0.4 is 14.4 Å². The molecule has 0 aliphatic heterocycles. The summed E-state index contributed by atoms with van der Waals surface area (Å²) in [5.74, 6) is -0.352. The smallest absolute Gasteiger partial charge is 0.264 e. The average Bonchev–Trinajstić information content (AvgIpc) is 3.04. The largest absolute Gasteiger partial charge is 0.495 e. The zero-order valence-corrected chi connectivity index (χ0v) is 29.1. The average molecular weight is 727 g/mol. The van der Waals surface area contributed by atoms with Crippen molar-refractivity contribution in [2.45, 2.75) is 37.8 Å². The van der Waals surface area contributed by atoms with E-state index in [1.807, 2.05) is 68.4 Å². The molecule has 0 unspecified atom stereocenters.